The van der Waals surface area contributed by atoms with Gasteiger partial charge in [0, 0.05) is 18.7 Å². The Balaban J connectivity index is 1.58. The lowest BCUT2D eigenvalue weighted by Crippen LogP contribution is -2.54. The first kappa shape index (κ1) is 22.4. The molecule has 1 saturated heterocycles. The average Bonchev–Trinajstić information content (AvgIpc) is 3.00. The van der Waals surface area contributed by atoms with Crippen molar-refractivity contribution in [2.24, 2.45) is 0 Å². The van der Waals surface area contributed by atoms with Crippen molar-refractivity contribution in [3.63, 3.8) is 0 Å². The third-order valence-corrected chi connectivity index (χ3v) is 6.47. The van der Waals surface area contributed by atoms with Crippen LogP contribution in [0.25, 0.3) is 0 Å². The average molecular weight is 462 g/mol. The minimum Gasteiger partial charge on any atom is -0.489 e. The van der Waals surface area contributed by atoms with Crippen LogP contribution in [-0.2, 0) is 10.3 Å². The predicted molar refractivity (Wildman–Crippen MR) is 120 cm³/mol. The number of benzene rings is 2. The summed E-state index contributed by atoms with van der Waals surface area (Å²) in [4.78, 5) is 26.3. The van der Waals surface area contributed by atoms with Gasteiger partial charge in [-0.25, -0.2) is 9.18 Å². The summed E-state index contributed by atoms with van der Waals surface area (Å²) in [6.45, 7) is 5.44. The Labute approximate surface area is 190 Å². The van der Waals surface area contributed by atoms with Crippen molar-refractivity contribution in [2.45, 2.75) is 38.3 Å². The maximum absolute atomic E-state index is 14.4. The van der Waals surface area contributed by atoms with Crippen LogP contribution in [0.15, 0.2) is 30.3 Å². The molecule has 0 radical (unpaired) electrons. The SMILES string of the molecule is CCNc1cc(F)cc2c1NC(=O)[C@@]2(C)N1CCC[C@@H](Oc2ccc(C(=O)O)c(Cl)c2)C1. The molecule has 2 atom stereocenters. The molecule has 2 aliphatic heterocycles. The lowest BCUT2D eigenvalue weighted by molar-refractivity contribution is -0.128. The van der Waals surface area contributed by atoms with E-state index >= 15 is 0 Å². The van der Waals surface area contributed by atoms with Gasteiger partial charge in [0.15, 0.2) is 0 Å². The molecule has 32 heavy (non-hydrogen) atoms. The fraction of sp³-hybridized carbons (Fsp3) is 0.391. The molecule has 0 unspecified atom stereocenters. The number of nitrogens with one attached hydrogen (secondary N) is 2. The maximum atomic E-state index is 14.4. The number of anilines is 2. The van der Waals surface area contributed by atoms with E-state index in [9.17, 15) is 14.0 Å². The number of carbonyl (C=O) groups is 2. The van der Waals surface area contributed by atoms with Gasteiger partial charge in [-0.1, -0.05) is 11.6 Å². The van der Waals surface area contributed by atoms with Gasteiger partial charge in [0.2, 0.25) is 5.91 Å². The number of hydrogen-bond acceptors (Lipinski definition) is 5. The number of fused-ring (bicyclic) bond motifs is 1. The Bertz CT molecular complexity index is 1080. The minimum absolute atomic E-state index is 0.00884. The second kappa shape index (κ2) is 8.60. The standard InChI is InChI=1S/C23H25ClFN3O4/c1-3-26-19-10-13(25)9-17-20(19)27-22(31)23(17,2)28-8-4-5-15(12-28)32-14-6-7-16(21(29)30)18(24)11-14/h6-7,9-11,15,26H,3-5,8,12H2,1-2H3,(H,27,31)(H,29,30)/t15-,23+/m1/s1. The van der Waals surface area contributed by atoms with E-state index in [1.807, 2.05) is 18.7 Å². The number of amides is 1. The first-order valence-corrected chi connectivity index (χ1v) is 11.0. The molecule has 3 N–H and O–H groups in total. The third-order valence-electron chi connectivity index (χ3n) is 6.16. The fourth-order valence-corrected chi connectivity index (χ4v) is 4.75. The van der Waals surface area contributed by atoms with E-state index in [1.165, 1.54) is 24.3 Å². The molecule has 1 amide bonds. The molecule has 2 aliphatic rings. The van der Waals surface area contributed by atoms with E-state index in [0.717, 1.165) is 12.8 Å². The van der Waals surface area contributed by atoms with Crippen molar-refractivity contribution < 1.29 is 23.8 Å². The predicted octanol–water partition coefficient (Wildman–Crippen LogP) is 4.32. The van der Waals surface area contributed by atoms with Crippen LogP contribution >= 0.6 is 11.6 Å². The number of likely N-dealkylation sites (tertiary alicyclic amines) is 1. The molecule has 0 bridgehead atoms. The van der Waals surface area contributed by atoms with Crippen LogP contribution in [0.1, 0.15) is 42.6 Å². The largest absolute Gasteiger partial charge is 0.489 e. The summed E-state index contributed by atoms with van der Waals surface area (Å²) in [6, 6.07) is 7.28. The number of hydrogen-bond donors (Lipinski definition) is 3. The van der Waals surface area contributed by atoms with Gasteiger partial charge in [-0.2, -0.15) is 0 Å². The zero-order chi connectivity index (χ0) is 23.0. The van der Waals surface area contributed by atoms with E-state index in [2.05, 4.69) is 10.6 Å². The molecule has 0 aliphatic carbocycles. The van der Waals surface area contributed by atoms with E-state index < -0.39 is 17.3 Å². The van der Waals surface area contributed by atoms with Crippen molar-refractivity contribution in [1.29, 1.82) is 0 Å². The Morgan fingerprint density at radius 1 is 1.41 bits per heavy atom. The highest BCUT2D eigenvalue weighted by atomic mass is 35.5. The van der Waals surface area contributed by atoms with E-state index in [1.54, 1.807) is 6.07 Å². The Hall–Kier alpha value is -2.84. The summed E-state index contributed by atoms with van der Waals surface area (Å²) in [7, 11) is 0. The van der Waals surface area contributed by atoms with Crippen molar-refractivity contribution in [3.05, 3.63) is 52.3 Å². The monoisotopic (exact) mass is 461 g/mol. The van der Waals surface area contributed by atoms with Crippen LogP contribution in [0.5, 0.6) is 5.75 Å². The lowest BCUT2D eigenvalue weighted by Gasteiger charge is -2.42. The molecule has 9 heteroatoms. The summed E-state index contributed by atoms with van der Waals surface area (Å²) in [5, 5.41) is 15.3. The summed E-state index contributed by atoms with van der Waals surface area (Å²) >= 11 is 6.06. The lowest BCUT2D eigenvalue weighted by atomic mass is 9.88. The van der Waals surface area contributed by atoms with E-state index in [-0.39, 0.29) is 22.6 Å². The second-order valence-corrected chi connectivity index (χ2v) is 8.61. The zero-order valence-electron chi connectivity index (χ0n) is 17.9. The highest BCUT2D eigenvalue weighted by Crippen LogP contribution is 2.45. The third kappa shape index (κ3) is 3.89. The number of carbonyl (C=O) groups excluding carboxylic acids is 1. The second-order valence-electron chi connectivity index (χ2n) is 8.21. The molecular weight excluding hydrogens is 437 g/mol. The first-order valence-electron chi connectivity index (χ1n) is 10.6. The first-order chi connectivity index (χ1) is 15.2. The van der Waals surface area contributed by atoms with Crippen LogP contribution < -0.4 is 15.4 Å². The summed E-state index contributed by atoms with van der Waals surface area (Å²) in [6.07, 6.45) is 1.33. The van der Waals surface area contributed by atoms with Crippen LogP contribution in [0.3, 0.4) is 0 Å². The number of piperidine rings is 1. The van der Waals surface area contributed by atoms with Gasteiger partial charge >= 0.3 is 5.97 Å². The van der Waals surface area contributed by atoms with Crippen molar-refractivity contribution in [1.82, 2.24) is 4.90 Å². The van der Waals surface area contributed by atoms with Gasteiger partial charge in [-0.3, -0.25) is 9.69 Å². The highest BCUT2D eigenvalue weighted by Gasteiger charge is 2.49. The highest BCUT2D eigenvalue weighted by molar-refractivity contribution is 6.33. The molecule has 0 saturated carbocycles. The number of carboxylic acids is 1. The van der Waals surface area contributed by atoms with Crippen LogP contribution in [-0.4, -0.2) is 47.6 Å². The van der Waals surface area contributed by atoms with Crippen molar-refractivity contribution in [2.75, 3.05) is 30.3 Å². The smallest absolute Gasteiger partial charge is 0.337 e. The molecule has 0 aromatic heterocycles. The molecule has 170 valence electrons. The molecule has 2 heterocycles. The number of halogens is 2. The Kier molecular flexibility index (Phi) is 6.01. The van der Waals surface area contributed by atoms with Crippen LogP contribution in [0.4, 0.5) is 15.8 Å². The van der Waals surface area contributed by atoms with Gasteiger partial charge in [0.1, 0.15) is 23.2 Å². The van der Waals surface area contributed by atoms with Crippen LogP contribution in [0.2, 0.25) is 5.02 Å². The number of ether oxygens (including phenoxy) is 1. The van der Waals surface area contributed by atoms with Crippen molar-refractivity contribution >= 4 is 34.9 Å². The quantitative estimate of drug-likeness (QED) is 0.593. The van der Waals surface area contributed by atoms with E-state index in [4.69, 9.17) is 21.4 Å². The number of nitrogens with zero attached hydrogens (tertiary/aromatic N) is 1. The molecule has 7 nitrogen and oxygen atoms in total. The van der Waals surface area contributed by atoms with Gasteiger partial charge < -0.3 is 20.5 Å². The van der Waals surface area contributed by atoms with Gasteiger partial charge in [0.05, 0.1) is 22.0 Å². The molecule has 2 aromatic carbocycles. The molecule has 1 fully saturated rings. The summed E-state index contributed by atoms with van der Waals surface area (Å²) in [5.74, 6) is -1.24. The normalized spacial score (nSPS) is 22.9. The Morgan fingerprint density at radius 3 is 2.88 bits per heavy atom. The molecule has 0 spiro atoms. The van der Waals surface area contributed by atoms with Crippen molar-refractivity contribution in [3.8, 4) is 5.75 Å². The summed E-state index contributed by atoms with van der Waals surface area (Å²) < 4.78 is 20.5. The Morgan fingerprint density at radius 2 is 2.19 bits per heavy atom. The molecule has 2 aromatic rings. The fourth-order valence-electron chi connectivity index (χ4n) is 4.50. The molecular formula is C23H25ClFN3O4. The van der Waals surface area contributed by atoms with Gasteiger partial charge in [0.25, 0.3) is 0 Å². The van der Waals surface area contributed by atoms with Gasteiger partial charge in [-0.05, 0) is 63.6 Å². The number of aromatic carboxylic acids is 1. The maximum Gasteiger partial charge on any atom is 0.337 e. The van der Waals surface area contributed by atoms with E-state index in [0.29, 0.717) is 42.3 Å². The zero-order valence-corrected chi connectivity index (χ0v) is 18.6. The minimum atomic E-state index is -1.10. The summed E-state index contributed by atoms with van der Waals surface area (Å²) in [5.41, 5.74) is 0.758. The number of rotatable bonds is 6. The van der Waals surface area contributed by atoms with Crippen LogP contribution in [0, 0.1) is 5.82 Å². The topological polar surface area (TPSA) is 90.9 Å². The molecule has 4 rings (SSSR count). The number of carboxylic acid groups (broad SMARTS) is 1. The van der Waals surface area contributed by atoms with Gasteiger partial charge in [-0.15, -0.1) is 0 Å².